The SMILES string of the molecule is Cc1cc(Oc2ccc(N)c3ccccc23)nc(N)n1. The minimum absolute atomic E-state index is 0.194. The molecule has 0 amide bonds. The number of hydrogen-bond acceptors (Lipinski definition) is 5. The van der Waals surface area contributed by atoms with Gasteiger partial charge in [-0.25, -0.2) is 4.98 Å². The zero-order valence-electron chi connectivity index (χ0n) is 11.0. The summed E-state index contributed by atoms with van der Waals surface area (Å²) in [6.07, 6.45) is 0. The lowest BCUT2D eigenvalue weighted by Crippen LogP contribution is -1.99. The summed E-state index contributed by atoms with van der Waals surface area (Å²) >= 11 is 0. The van der Waals surface area contributed by atoms with Crippen LogP contribution in [0.1, 0.15) is 5.69 Å². The number of aromatic nitrogens is 2. The standard InChI is InChI=1S/C15H14N4O/c1-9-8-14(19-15(17)18-9)20-13-7-6-12(16)10-4-2-3-5-11(10)13/h2-8H,16H2,1H3,(H2,17,18,19). The quantitative estimate of drug-likeness (QED) is 0.696. The van der Waals surface area contributed by atoms with Crippen molar-refractivity contribution in [2.24, 2.45) is 0 Å². The molecule has 20 heavy (non-hydrogen) atoms. The molecule has 0 bridgehead atoms. The molecule has 5 nitrogen and oxygen atoms in total. The number of nitrogens with zero attached hydrogens (tertiary/aromatic N) is 2. The number of nitrogens with two attached hydrogens (primary N) is 2. The third-order valence-corrected chi connectivity index (χ3v) is 2.98. The van der Waals surface area contributed by atoms with E-state index in [1.54, 1.807) is 6.07 Å². The molecule has 0 atom stereocenters. The maximum atomic E-state index is 5.97. The minimum atomic E-state index is 0.194. The lowest BCUT2D eigenvalue weighted by atomic mass is 10.1. The minimum Gasteiger partial charge on any atom is -0.438 e. The third kappa shape index (κ3) is 2.21. The van der Waals surface area contributed by atoms with Crippen LogP contribution in [0.3, 0.4) is 0 Å². The molecule has 2 aromatic carbocycles. The largest absolute Gasteiger partial charge is 0.438 e. The summed E-state index contributed by atoms with van der Waals surface area (Å²) < 4.78 is 5.82. The van der Waals surface area contributed by atoms with Gasteiger partial charge in [0.2, 0.25) is 11.8 Å². The Morgan fingerprint density at radius 2 is 1.70 bits per heavy atom. The van der Waals surface area contributed by atoms with Gasteiger partial charge in [-0.05, 0) is 19.1 Å². The molecular formula is C15H14N4O. The molecular weight excluding hydrogens is 252 g/mol. The number of aryl methyl sites for hydroxylation is 1. The maximum absolute atomic E-state index is 5.97. The van der Waals surface area contributed by atoms with Gasteiger partial charge in [0.1, 0.15) is 5.75 Å². The summed E-state index contributed by atoms with van der Waals surface area (Å²) in [7, 11) is 0. The van der Waals surface area contributed by atoms with Gasteiger partial charge in [-0.3, -0.25) is 0 Å². The third-order valence-electron chi connectivity index (χ3n) is 2.98. The topological polar surface area (TPSA) is 87.0 Å². The summed E-state index contributed by atoms with van der Waals surface area (Å²) in [5.74, 6) is 1.30. The lowest BCUT2D eigenvalue weighted by Gasteiger charge is -2.10. The fourth-order valence-corrected chi connectivity index (χ4v) is 2.11. The van der Waals surface area contributed by atoms with Gasteiger partial charge in [0.25, 0.3) is 0 Å². The zero-order chi connectivity index (χ0) is 14.1. The molecule has 0 saturated heterocycles. The summed E-state index contributed by atoms with van der Waals surface area (Å²) in [4.78, 5) is 8.09. The van der Waals surface area contributed by atoms with E-state index in [2.05, 4.69) is 9.97 Å². The Bertz CT molecular complexity index is 766. The first-order valence-corrected chi connectivity index (χ1v) is 6.20. The van der Waals surface area contributed by atoms with Crippen LogP contribution in [0.25, 0.3) is 10.8 Å². The fourth-order valence-electron chi connectivity index (χ4n) is 2.11. The number of nitrogen functional groups attached to an aromatic ring is 2. The smallest absolute Gasteiger partial charge is 0.224 e. The van der Waals surface area contributed by atoms with E-state index in [0.29, 0.717) is 17.3 Å². The highest BCUT2D eigenvalue weighted by atomic mass is 16.5. The van der Waals surface area contributed by atoms with E-state index in [1.165, 1.54) is 0 Å². The number of anilines is 2. The van der Waals surface area contributed by atoms with Crippen molar-refractivity contribution in [2.75, 3.05) is 11.5 Å². The second kappa shape index (κ2) is 4.70. The Morgan fingerprint density at radius 1 is 0.950 bits per heavy atom. The summed E-state index contributed by atoms with van der Waals surface area (Å²) in [6, 6.07) is 13.2. The van der Waals surface area contributed by atoms with Gasteiger partial charge >= 0.3 is 0 Å². The van der Waals surface area contributed by atoms with Crippen molar-refractivity contribution in [3.05, 3.63) is 48.2 Å². The fraction of sp³-hybridized carbons (Fsp3) is 0.0667. The molecule has 0 aliphatic carbocycles. The van der Waals surface area contributed by atoms with Crippen molar-refractivity contribution in [3.8, 4) is 11.6 Å². The van der Waals surface area contributed by atoms with E-state index in [9.17, 15) is 0 Å². The van der Waals surface area contributed by atoms with E-state index >= 15 is 0 Å². The van der Waals surface area contributed by atoms with Crippen LogP contribution in [-0.2, 0) is 0 Å². The Kier molecular flexibility index (Phi) is 2.87. The van der Waals surface area contributed by atoms with Crippen LogP contribution in [-0.4, -0.2) is 9.97 Å². The second-order valence-electron chi connectivity index (χ2n) is 4.51. The van der Waals surface area contributed by atoms with Crippen LogP contribution in [0, 0.1) is 6.92 Å². The van der Waals surface area contributed by atoms with Crippen molar-refractivity contribution >= 4 is 22.4 Å². The van der Waals surface area contributed by atoms with Crippen molar-refractivity contribution in [2.45, 2.75) is 6.92 Å². The van der Waals surface area contributed by atoms with Crippen LogP contribution in [0.15, 0.2) is 42.5 Å². The molecule has 3 aromatic rings. The van der Waals surface area contributed by atoms with Crippen LogP contribution in [0.5, 0.6) is 11.6 Å². The molecule has 3 rings (SSSR count). The Balaban J connectivity index is 2.09. The van der Waals surface area contributed by atoms with E-state index in [0.717, 1.165) is 16.5 Å². The van der Waals surface area contributed by atoms with Crippen molar-refractivity contribution in [3.63, 3.8) is 0 Å². The predicted octanol–water partition coefficient (Wildman–Crippen LogP) is 2.89. The zero-order valence-corrected chi connectivity index (χ0v) is 11.0. The Morgan fingerprint density at radius 3 is 2.45 bits per heavy atom. The Labute approximate surface area is 116 Å². The van der Waals surface area contributed by atoms with E-state index in [1.807, 2.05) is 43.3 Å². The first kappa shape index (κ1) is 12.2. The van der Waals surface area contributed by atoms with E-state index in [4.69, 9.17) is 16.2 Å². The van der Waals surface area contributed by atoms with Gasteiger partial charge in [-0.1, -0.05) is 24.3 Å². The van der Waals surface area contributed by atoms with E-state index in [-0.39, 0.29) is 5.95 Å². The second-order valence-corrected chi connectivity index (χ2v) is 4.51. The van der Waals surface area contributed by atoms with Crippen LogP contribution >= 0.6 is 0 Å². The summed E-state index contributed by atoms with van der Waals surface area (Å²) in [6.45, 7) is 1.84. The number of benzene rings is 2. The molecule has 4 N–H and O–H groups in total. The first-order valence-electron chi connectivity index (χ1n) is 6.20. The first-order chi connectivity index (χ1) is 9.63. The van der Waals surface area contributed by atoms with Gasteiger partial charge in [-0.2, -0.15) is 4.98 Å². The van der Waals surface area contributed by atoms with Gasteiger partial charge in [-0.15, -0.1) is 0 Å². The molecule has 0 aliphatic heterocycles. The molecule has 1 aromatic heterocycles. The van der Waals surface area contributed by atoms with Gasteiger partial charge in [0.15, 0.2) is 0 Å². The molecule has 0 fully saturated rings. The predicted molar refractivity (Wildman–Crippen MR) is 79.6 cm³/mol. The lowest BCUT2D eigenvalue weighted by molar-refractivity contribution is 0.467. The number of fused-ring (bicyclic) bond motifs is 1. The number of ether oxygens (including phenoxy) is 1. The maximum Gasteiger partial charge on any atom is 0.224 e. The van der Waals surface area contributed by atoms with Crippen LogP contribution in [0.2, 0.25) is 0 Å². The molecule has 0 unspecified atom stereocenters. The highest BCUT2D eigenvalue weighted by Crippen LogP contribution is 2.32. The van der Waals surface area contributed by atoms with Gasteiger partial charge in [0.05, 0.1) is 0 Å². The molecule has 0 spiro atoms. The van der Waals surface area contributed by atoms with Crippen LogP contribution in [0.4, 0.5) is 11.6 Å². The monoisotopic (exact) mass is 266 g/mol. The van der Waals surface area contributed by atoms with Crippen molar-refractivity contribution in [1.82, 2.24) is 9.97 Å². The summed E-state index contributed by atoms with van der Waals surface area (Å²) in [5, 5.41) is 1.88. The molecule has 0 radical (unpaired) electrons. The van der Waals surface area contributed by atoms with Crippen LogP contribution < -0.4 is 16.2 Å². The van der Waals surface area contributed by atoms with E-state index < -0.39 is 0 Å². The molecule has 0 saturated carbocycles. The highest BCUT2D eigenvalue weighted by molar-refractivity contribution is 5.97. The Hall–Kier alpha value is -2.82. The average molecular weight is 266 g/mol. The normalized spacial score (nSPS) is 10.7. The molecule has 1 heterocycles. The van der Waals surface area contributed by atoms with Crippen molar-refractivity contribution in [1.29, 1.82) is 0 Å². The summed E-state index contributed by atoms with van der Waals surface area (Å²) in [5.41, 5.74) is 13.1. The average Bonchev–Trinajstić information content (AvgIpc) is 2.41. The van der Waals surface area contributed by atoms with Gasteiger partial charge in [0, 0.05) is 28.2 Å². The number of hydrogen-bond donors (Lipinski definition) is 2. The molecule has 100 valence electrons. The number of rotatable bonds is 2. The highest BCUT2D eigenvalue weighted by Gasteiger charge is 2.07. The molecule has 0 aliphatic rings. The van der Waals surface area contributed by atoms with Crippen molar-refractivity contribution < 1.29 is 4.74 Å². The molecule has 5 heteroatoms. The van der Waals surface area contributed by atoms with Gasteiger partial charge < -0.3 is 16.2 Å².